The minimum absolute atomic E-state index is 0.135. The fourth-order valence-electron chi connectivity index (χ4n) is 3.38. The average Bonchev–Trinajstić information content (AvgIpc) is 2.92. The second-order valence-electron chi connectivity index (χ2n) is 7.08. The van der Waals surface area contributed by atoms with Crippen LogP contribution in [-0.2, 0) is 28.0 Å². The largest absolute Gasteiger partial charge is 0.465 e. The van der Waals surface area contributed by atoms with Crippen LogP contribution in [0.4, 0.5) is 4.79 Å². The summed E-state index contributed by atoms with van der Waals surface area (Å²) < 4.78 is 4.68. The Bertz CT molecular complexity index is 890. The molecule has 1 N–H and O–H groups in total. The van der Waals surface area contributed by atoms with Crippen LogP contribution in [0.25, 0.3) is 0 Å². The maximum absolute atomic E-state index is 13.0. The summed E-state index contributed by atoms with van der Waals surface area (Å²) in [4.78, 5) is 38.3. The third-order valence-corrected chi connectivity index (χ3v) is 5.06. The van der Waals surface area contributed by atoms with Crippen LogP contribution in [-0.4, -0.2) is 29.9 Å². The normalized spacial score (nSPS) is 18.9. The standard InChI is InChI=1S/C22H24N2O4/c1-4-5-15-8-12-18(13-9-15)22(2)20(26)24(21(27)23-22)14-16-6-10-17(11-7-16)19(25)28-3/h6-13H,4-5,14H2,1-3H3,(H,23,27)/t22-/m1/s1. The number of carbonyl (C=O) groups is 3. The Labute approximate surface area is 164 Å². The molecule has 3 rings (SSSR count). The molecule has 146 valence electrons. The smallest absolute Gasteiger partial charge is 0.337 e. The number of amides is 3. The van der Waals surface area contributed by atoms with Gasteiger partial charge in [0.15, 0.2) is 0 Å². The number of esters is 1. The molecule has 2 aromatic carbocycles. The Kier molecular flexibility index (Phi) is 5.49. The van der Waals surface area contributed by atoms with E-state index in [1.807, 2.05) is 24.3 Å². The first kappa shape index (κ1) is 19.6. The van der Waals surface area contributed by atoms with E-state index in [9.17, 15) is 14.4 Å². The number of imide groups is 1. The topological polar surface area (TPSA) is 75.7 Å². The zero-order valence-electron chi connectivity index (χ0n) is 16.3. The van der Waals surface area contributed by atoms with Crippen LogP contribution < -0.4 is 5.32 Å². The lowest BCUT2D eigenvalue weighted by atomic mass is 9.91. The number of nitrogens with zero attached hydrogens (tertiary/aromatic N) is 1. The van der Waals surface area contributed by atoms with E-state index in [4.69, 9.17) is 0 Å². The van der Waals surface area contributed by atoms with Crippen molar-refractivity contribution in [3.05, 3.63) is 70.8 Å². The molecule has 0 unspecified atom stereocenters. The molecule has 6 heteroatoms. The fourth-order valence-corrected chi connectivity index (χ4v) is 3.38. The molecule has 0 aromatic heterocycles. The van der Waals surface area contributed by atoms with Crippen molar-refractivity contribution in [1.82, 2.24) is 10.2 Å². The number of urea groups is 1. The number of benzene rings is 2. The number of hydrogen-bond acceptors (Lipinski definition) is 4. The number of hydrogen-bond donors (Lipinski definition) is 1. The van der Waals surface area contributed by atoms with Crippen molar-refractivity contribution in [3.63, 3.8) is 0 Å². The van der Waals surface area contributed by atoms with Gasteiger partial charge in [-0.15, -0.1) is 0 Å². The Morgan fingerprint density at radius 2 is 1.64 bits per heavy atom. The van der Waals surface area contributed by atoms with E-state index >= 15 is 0 Å². The summed E-state index contributed by atoms with van der Waals surface area (Å²) in [7, 11) is 1.32. The number of nitrogens with one attached hydrogen (secondary N) is 1. The first-order chi connectivity index (χ1) is 13.4. The number of aryl methyl sites for hydroxylation is 1. The van der Waals surface area contributed by atoms with Crippen molar-refractivity contribution in [2.45, 2.75) is 38.8 Å². The van der Waals surface area contributed by atoms with Gasteiger partial charge in [0.25, 0.3) is 5.91 Å². The van der Waals surface area contributed by atoms with Gasteiger partial charge in [-0.05, 0) is 42.2 Å². The number of methoxy groups -OCH3 is 1. The van der Waals surface area contributed by atoms with Crippen molar-refractivity contribution in [2.24, 2.45) is 0 Å². The number of carbonyl (C=O) groups excluding carboxylic acids is 3. The summed E-state index contributed by atoms with van der Waals surface area (Å²) in [5.41, 5.74) is 2.04. The highest BCUT2D eigenvalue weighted by atomic mass is 16.5. The SMILES string of the molecule is CCCc1ccc([C@@]2(C)NC(=O)N(Cc3ccc(C(=O)OC)cc3)C2=O)cc1. The van der Waals surface area contributed by atoms with Gasteiger partial charge in [-0.1, -0.05) is 49.7 Å². The van der Waals surface area contributed by atoms with Gasteiger partial charge >= 0.3 is 12.0 Å². The molecule has 0 spiro atoms. The van der Waals surface area contributed by atoms with E-state index < -0.39 is 17.5 Å². The van der Waals surface area contributed by atoms with E-state index in [-0.39, 0.29) is 12.5 Å². The first-order valence-electron chi connectivity index (χ1n) is 9.30. The molecule has 0 radical (unpaired) electrons. The highest BCUT2D eigenvalue weighted by Crippen LogP contribution is 2.30. The van der Waals surface area contributed by atoms with Gasteiger partial charge in [0.2, 0.25) is 0 Å². The molecule has 1 aliphatic rings. The minimum Gasteiger partial charge on any atom is -0.465 e. The molecule has 1 atom stereocenters. The lowest BCUT2D eigenvalue weighted by Gasteiger charge is -2.22. The first-order valence-corrected chi connectivity index (χ1v) is 9.30. The average molecular weight is 380 g/mol. The molecule has 0 saturated carbocycles. The van der Waals surface area contributed by atoms with Crippen molar-refractivity contribution < 1.29 is 19.1 Å². The molecule has 1 heterocycles. The highest BCUT2D eigenvalue weighted by molar-refractivity contribution is 6.07. The highest BCUT2D eigenvalue weighted by Gasteiger charge is 2.48. The molecule has 1 aliphatic heterocycles. The Balaban J connectivity index is 1.78. The number of ether oxygens (including phenoxy) is 1. The van der Waals surface area contributed by atoms with Crippen molar-refractivity contribution >= 4 is 17.9 Å². The minimum atomic E-state index is -1.09. The zero-order chi connectivity index (χ0) is 20.3. The van der Waals surface area contributed by atoms with Crippen molar-refractivity contribution in [3.8, 4) is 0 Å². The van der Waals surface area contributed by atoms with E-state index in [1.165, 1.54) is 17.6 Å². The van der Waals surface area contributed by atoms with Gasteiger partial charge in [0.1, 0.15) is 5.54 Å². The summed E-state index contributed by atoms with van der Waals surface area (Å²) in [6.07, 6.45) is 2.03. The predicted octanol–water partition coefficient (Wildman–Crippen LogP) is 3.39. The monoisotopic (exact) mass is 380 g/mol. The zero-order valence-corrected chi connectivity index (χ0v) is 16.3. The van der Waals surface area contributed by atoms with E-state index in [0.29, 0.717) is 5.56 Å². The molecule has 6 nitrogen and oxygen atoms in total. The summed E-state index contributed by atoms with van der Waals surface area (Å²) in [6, 6.07) is 14.0. The van der Waals surface area contributed by atoms with E-state index in [1.54, 1.807) is 31.2 Å². The Morgan fingerprint density at radius 1 is 1.04 bits per heavy atom. The molecular formula is C22H24N2O4. The van der Waals surface area contributed by atoms with Gasteiger partial charge in [-0.2, -0.15) is 0 Å². The van der Waals surface area contributed by atoms with Gasteiger partial charge < -0.3 is 10.1 Å². The second-order valence-corrected chi connectivity index (χ2v) is 7.08. The maximum atomic E-state index is 13.0. The third-order valence-electron chi connectivity index (χ3n) is 5.06. The van der Waals surface area contributed by atoms with Crippen LogP contribution in [0.15, 0.2) is 48.5 Å². The van der Waals surface area contributed by atoms with E-state index in [0.717, 1.165) is 24.0 Å². The van der Waals surface area contributed by atoms with Crippen LogP contribution in [0.2, 0.25) is 0 Å². The Morgan fingerprint density at radius 3 is 2.21 bits per heavy atom. The maximum Gasteiger partial charge on any atom is 0.337 e. The van der Waals surface area contributed by atoms with Gasteiger partial charge in [0.05, 0.1) is 19.2 Å². The third kappa shape index (κ3) is 3.63. The van der Waals surface area contributed by atoms with Crippen LogP contribution in [0.3, 0.4) is 0 Å². The molecule has 0 bridgehead atoms. The van der Waals surface area contributed by atoms with Crippen LogP contribution in [0, 0.1) is 0 Å². The number of rotatable bonds is 6. The van der Waals surface area contributed by atoms with Crippen LogP contribution >= 0.6 is 0 Å². The van der Waals surface area contributed by atoms with Crippen LogP contribution in [0.1, 0.15) is 47.3 Å². The summed E-state index contributed by atoms with van der Waals surface area (Å²) in [5.74, 6) is -0.724. The molecule has 0 aliphatic carbocycles. The molecule has 1 saturated heterocycles. The molecule has 28 heavy (non-hydrogen) atoms. The van der Waals surface area contributed by atoms with E-state index in [2.05, 4.69) is 17.0 Å². The quantitative estimate of drug-likeness (QED) is 0.616. The molecule has 2 aromatic rings. The van der Waals surface area contributed by atoms with Crippen LogP contribution in [0.5, 0.6) is 0 Å². The second kappa shape index (κ2) is 7.84. The van der Waals surface area contributed by atoms with Crippen molar-refractivity contribution in [2.75, 3.05) is 7.11 Å². The summed E-state index contributed by atoms with van der Waals surface area (Å²) in [6.45, 7) is 3.98. The Hall–Kier alpha value is -3.15. The van der Waals surface area contributed by atoms with Gasteiger partial charge in [-0.3, -0.25) is 9.69 Å². The molecular weight excluding hydrogens is 356 g/mol. The van der Waals surface area contributed by atoms with Crippen molar-refractivity contribution in [1.29, 1.82) is 0 Å². The summed E-state index contributed by atoms with van der Waals surface area (Å²) in [5, 5.41) is 2.82. The fraction of sp³-hybridized carbons (Fsp3) is 0.318. The van der Waals surface area contributed by atoms with Gasteiger partial charge in [0, 0.05) is 0 Å². The molecule has 3 amide bonds. The lowest BCUT2D eigenvalue weighted by Crippen LogP contribution is -2.40. The molecule has 1 fully saturated rings. The lowest BCUT2D eigenvalue weighted by molar-refractivity contribution is -0.131. The summed E-state index contributed by atoms with van der Waals surface area (Å²) >= 11 is 0. The predicted molar refractivity (Wildman–Crippen MR) is 105 cm³/mol. The van der Waals surface area contributed by atoms with Gasteiger partial charge in [-0.25, -0.2) is 9.59 Å².